The molecule has 9 nitrogen and oxygen atoms in total. The van der Waals surface area contributed by atoms with Gasteiger partial charge < -0.3 is 14.8 Å². The Morgan fingerprint density at radius 3 is 2.28 bits per heavy atom. The zero-order chi connectivity index (χ0) is 18.6. The zero-order valence-electron chi connectivity index (χ0n) is 13.1. The third-order valence-electron chi connectivity index (χ3n) is 3.13. The second-order valence-corrected chi connectivity index (χ2v) is 5.41. The molecule has 1 amide bonds. The highest BCUT2D eigenvalue weighted by molar-refractivity contribution is 7.08. The Morgan fingerprint density at radius 2 is 1.68 bits per heavy atom. The van der Waals surface area contributed by atoms with Crippen LogP contribution in [0.4, 0.5) is 11.4 Å². The monoisotopic (exact) mass is 364 g/mol. The number of non-ortho nitro benzene ring substituents is 1. The van der Waals surface area contributed by atoms with Crippen LogP contribution >= 0.6 is 11.3 Å². The number of carbonyl (C=O) groups excluding carboxylic acids is 3. The summed E-state index contributed by atoms with van der Waals surface area (Å²) >= 11 is 1.17. The molecule has 0 saturated heterocycles. The highest BCUT2D eigenvalue weighted by atomic mass is 32.1. The lowest BCUT2D eigenvalue weighted by atomic mass is 10.1. The Labute approximate surface area is 145 Å². The van der Waals surface area contributed by atoms with Gasteiger partial charge in [0.25, 0.3) is 11.6 Å². The normalized spacial score (nSPS) is 10.0. The largest absolute Gasteiger partial charge is 0.465 e. The number of carbonyl (C=O) groups is 3. The Balaban J connectivity index is 2.37. The molecule has 1 aromatic heterocycles. The minimum atomic E-state index is -0.816. The van der Waals surface area contributed by atoms with E-state index in [2.05, 4.69) is 14.8 Å². The van der Waals surface area contributed by atoms with Gasteiger partial charge in [-0.25, -0.2) is 9.59 Å². The quantitative estimate of drug-likeness (QED) is 0.491. The van der Waals surface area contributed by atoms with Gasteiger partial charge in [0.1, 0.15) is 0 Å². The van der Waals surface area contributed by atoms with Gasteiger partial charge in [0.2, 0.25) is 0 Å². The molecule has 2 aromatic rings. The highest BCUT2D eigenvalue weighted by Crippen LogP contribution is 2.24. The van der Waals surface area contributed by atoms with Crippen LogP contribution in [0.2, 0.25) is 0 Å². The molecule has 25 heavy (non-hydrogen) atoms. The molecule has 0 unspecified atom stereocenters. The Bertz CT molecular complexity index is 859. The lowest BCUT2D eigenvalue weighted by Gasteiger charge is -2.07. The minimum absolute atomic E-state index is 0.128. The number of thiophene rings is 1. The number of nitrogens with one attached hydrogen (secondary N) is 1. The van der Waals surface area contributed by atoms with Crippen molar-refractivity contribution >= 4 is 40.6 Å². The second kappa shape index (κ2) is 7.53. The molecule has 10 heteroatoms. The number of amides is 1. The maximum atomic E-state index is 12.4. The fourth-order valence-electron chi connectivity index (χ4n) is 1.94. The Hall–Kier alpha value is -3.27. The van der Waals surface area contributed by atoms with Gasteiger partial charge >= 0.3 is 11.9 Å². The van der Waals surface area contributed by atoms with Crippen LogP contribution in [-0.4, -0.2) is 37.0 Å². The predicted octanol–water partition coefficient (Wildman–Crippen LogP) is 2.48. The number of nitro benzene ring substituents is 1. The van der Waals surface area contributed by atoms with E-state index in [1.54, 1.807) is 0 Å². The summed E-state index contributed by atoms with van der Waals surface area (Å²) in [5, 5.41) is 16.5. The van der Waals surface area contributed by atoms with Crippen LogP contribution < -0.4 is 5.32 Å². The molecule has 0 bridgehead atoms. The maximum absolute atomic E-state index is 12.4. The summed E-state index contributed by atoms with van der Waals surface area (Å²) in [4.78, 5) is 45.9. The third kappa shape index (κ3) is 3.98. The fraction of sp³-hybridized carbons (Fsp3) is 0.133. The summed E-state index contributed by atoms with van der Waals surface area (Å²) in [5.74, 6) is -2.17. The molecule has 0 spiro atoms. The molecule has 2 rings (SSSR count). The van der Waals surface area contributed by atoms with E-state index >= 15 is 0 Å². The summed E-state index contributed by atoms with van der Waals surface area (Å²) in [6, 6.07) is 3.19. The van der Waals surface area contributed by atoms with E-state index in [0.717, 1.165) is 19.2 Å². The van der Waals surface area contributed by atoms with Crippen molar-refractivity contribution in [1.82, 2.24) is 0 Å². The fourth-order valence-corrected chi connectivity index (χ4v) is 2.69. The van der Waals surface area contributed by atoms with E-state index in [1.807, 2.05) is 0 Å². The SMILES string of the molecule is COC(=O)c1cc(C(=O)Nc2cscc2C(=O)OC)cc([N+](=O)[O-])c1. The Morgan fingerprint density at radius 1 is 1.04 bits per heavy atom. The molecule has 0 atom stereocenters. The number of hydrogen-bond donors (Lipinski definition) is 1. The van der Waals surface area contributed by atoms with Crippen LogP contribution in [0.5, 0.6) is 0 Å². The van der Waals surface area contributed by atoms with Crippen molar-refractivity contribution in [3.05, 3.63) is 55.8 Å². The van der Waals surface area contributed by atoms with E-state index in [4.69, 9.17) is 0 Å². The predicted molar refractivity (Wildman–Crippen MR) is 88.0 cm³/mol. The second-order valence-electron chi connectivity index (χ2n) is 4.66. The Kier molecular flexibility index (Phi) is 5.45. The van der Waals surface area contributed by atoms with Crippen LogP contribution in [-0.2, 0) is 9.47 Å². The van der Waals surface area contributed by atoms with E-state index in [1.165, 1.54) is 35.3 Å². The molecular weight excluding hydrogens is 352 g/mol. The smallest absolute Gasteiger partial charge is 0.340 e. The van der Waals surface area contributed by atoms with E-state index < -0.39 is 28.5 Å². The molecule has 1 aromatic carbocycles. The van der Waals surface area contributed by atoms with Crippen molar-refractivity contribution in [2.45, 2.75) is 0 Å². The number of rotatable bonds is 5. The van der Waals surface area contributed by atoms with Crippen LogP contribution in [0, 0.1) is 10.1 Å². The highest BCUT2D eigenvalue weighted by Gasteiger charge is 2.20. The molecule has 0 aliphatic carbocycles. The van der Waals surface area contributed by atoms with Crippen molar-refractivity contribution in [1.29, 1.82) is 0 Å². The summed E-state index contributed by atoms with van der Waals surface area (Å²) in [5.41, 5.74) is -0.351. The molecule has 0 fully saturated rings. The number of benzene rings is 1. The van der Waals surface area contributed by atoms with Gasteiger partial charge in [0.15, 0.2) is 0 Å². The third-order valence-corrected chi connectivity index (χ3v) is 3.87. The van der Waals surface area contributed by atoms with Gasteiger partial charge in [-0.1, -0.05) is 0 Å². The molecule has 0 aliphatic rings. The number of nitro groups is 1. The van der Waals surface area contributed by atoms with E-state index in [9.17, 15) is 24.5 Å². The molecule has 0 aliphatic heterocycles. The van der Waals surface area contributed by atoms with Gasteiger partial charge in [0, 0.05) is 28.5 Å². The number of ether oxygens (including phenoxy) is 2. The summed E-state index contributed by atoms with van der Waals surface area (Å²) in [7, 11) is 2.32. The van der Waals surface area contributed by atoms with Crippen molar-refractivity contribution < 1.29 is 28.8 Å². The topological polar surface area (TPSA) is 125 Å². The number of nitrogens with zero attached hydrogens (tertiary/aromatic N) is 1. The van der Waals surface area contributed by atoms with Gasteiger partial charge in [-0.2, -0.15) is 0 Å². The minimum Gasteiger partial charge on any atom is -0.465 e. The van der Waals surface area contributed by atoms with E-state index in [-0.39, 0.29) is 22.4 Å². The van der Waals surface area contributed by atoms with Crippen molar-refractivity contribution in [3.63, 3.8) is 0 Å². The van der Waals surface area contributed by atoms with Crippen molar-refractivity contribution in [3.8, 4) is 0 Å². The summed E-state index contributed by atoms with van der Waals surface area (Å²) < 4.78 is 9.13. The average Bonchev–Trinajstić information content (AvgIpc) is 3.07. The van der Waals surface area contributed by atoms with Crippen LogP contribution in [0.1, 0.15) is 31.1 Å². The molecule has 1 heterocycles. The number of hydrogen-bond acceptors (Lipinski definition) is 8. The number of esters is 2. The first-order chi connectivity index (χ1) is 11.9. The molecular formula is C15H12N2O7S. The zero-order valence-corrected chi connectivity index (χ0v) is 13.9. The molecule has 0 radical (unpaired) electrons. The van der Waals surface area contributed by atoms with Crippen molar-refractivity contribution in [2.75, 3.05) is 19.5 Å². The van der Waals surface area contributed by atoms with E-state index in [0.29, 0.717) is 0 Å². The molecule has 1 N–H and O–H groups in total. The molecule has 0 saturated carbocycles. The van der Waals surface area contributed by atoms with Gasteiger partial charge in [-0.05, 0) is 6.07 Å². The summed E-state index contributed by atoms with van der Waals surface area (Å²) in [6.45, 7) is 0. The first-order valence-corrected chi connectivity index (χ1v) is 7.65. The van der Waals surface area contributed by atoms with Crippen LogP contribution in [0.15, 0.2) is 29.0 Å². The first kappa shape index (κ1) is 18.1. The lowest BCUT2D eigenvalue weighted by Crippen LogP contribution is -2.15. The number of methoxy groups -OCH3 is 2. The van der Waals surface area contributed by atoms with Gasteiger partial charge in [-0.3, -0.25) is 14.9 Å². The average molecular weight is 364 g/mol. The standard InChI is InChI=1S/C15H12N2O7S/c1-23-14(19)9-3-8(4-10(5-9)17(21)22)13(18)16-12-7-25-6-11(12)15(20)24-2/h3-7H,1-2H3,(H,16,18). The molecule has 130 valence electrons. The van der Waals surface area contributed by atoms with Crippen LogP contribution in [0.3, 0.4) is 0 Å². The lowest BCUT2D eigenvalue weighted by molar-refractivity contribution is -0.384. The maximum Gasteiger partial charge on any atom is 0.340 e. The first-order valence-electron chi connectivity index (χ1n) is 6.71. The van der Waals surface area contributed by atoms with Gasteiger partial charge in [0.05, 0.1) is 36.0 Å². The summed E-state index contributed by atoms with van der Waals surface area (Å²) in [6.07, 6.45) is 0. The van der Waals surface area contributed by atoms with Crippen molar-refractivity contribution in [2.24, 2.45) is 0 Å². The van der Waals surface area contributed by atoms with Gasteiger partial charge in [-0.15, -0.1) is 11.3 Å². The van der Waals surface area contributed by atoms with Crippen LogP contribution in [0.25, 0.3) is 0 Å². The number of anilines is 1.